The first-order valence-electron chi connectivity index (χ1n) is 9.85. The number of methoxy groups -OCH3 is 1. The Morgan fingerprint density at radius 1 is 1.03 bits per heavy atom. The van der Waals surface area contributed by atoms with Crippen LogP contribution in [-0.4, -0.2) is 37.3 Å². The Labute approximate surface area is 182 Å². The molecule has 7 nitrogen and oxygen atoms in total. The average Bonchev–Trinajstić information content (AvgIpc) is 2.82. The lowest BCUT2D eigenvalue weighted by molar-refractivity contribution is 0.0950. The SMILES string of the molecule is CCN(Cc1ccc(C(=O)NCc2ccccn2)cc1)S(=O)(=O)c1ccc(OC)cc1. The van der Waals surface area contributed by atoms with E-state index >= 15 is 0 Å². The molecule has 2 aromatic carbocycles. The molecule has 0 radical (unpaired) electrons. The molecule has 0 atom stereocenters. The number of rotatable bonds is 9. The Balaban J connectivity index is 1.66. The second-order valence-electron chi connectivity index (χ2n) is 6.81. The van der Waals surface area contributed by atoms with Crippen molar-refractivity contribution in [3.05, 3.63) is 89.7 Å². The van der Waals surface area contributed by atoms with Gasteiger partial charge in [-0.15, -0.1) is 0 Å². The van der Waals surface area contributed by atoms with Gasteiger partial charge >= 0.3 is 0 Å². The van der Waals surface area contributed by atoms with Gasteiger partial charge in [-0.2, -0.15) is 4.31 Å². The Morgan fingerprint density at radius 2 is 1.74 bits per heavy atom. The quantitative estimate of drug-likeness (QED) is 0.553. The third kappa shape index (κ3) is 5.68. The lowest BCUT2D eigenvalue weighted by Crippen LogP contribution is -2.30. The molecule has 0 saturated carbocycles. The summed E-state index contributed by atoms with van der Waals surface area (Å²) < 4.78 is 32.4. The zero-order valence-corrected chi connectivity index (χ0v) is 18.3. The molecule has 162 valence electrons. The number of carbonyl (C=O) groups excluding carboxylic acids is 1. The monoisotopic (exact) mass is 439 g/mol. The number of ether oxygens (including phenoxy) is 1. The maximum Gasteiger partial charge on any atom is 0.251 e. The normalized spacial score (nSPS) is 11.3. The summed E-state index contributed by atoms with van der Waals surface area (Å²) >= 11 is 0. The van der Waals surface area contributed by atoms with Gasteiger partial charge in [0.1, 0.15) is 5.75 Å². The van der Waals surface area contributed by atoms with E-state index in [1.165, 1.54) is 23.5 Å². The summed E-state index contributed by atoms with van der Waals surface area (Å²) in [5.74, 6) is 0.384. The minimum atomic E-state index is -3.65. The molecule has 0 aliphatic rings. The van der Waals surface area contributed by atoms with Crippen LogP contribution in [0.5, 0.6) is 5.75 Å². The number of sulfonamides is 1. The minimum Gasteiger partial charge on any atom is -0.497 e. The zero-order valence-electron chi connectivity index (χ0n) is 17.5. The second-order valence-corrected chi connectivity index (χ2v) is 8.75. The standard InChI is InChI=1S/C23H25N3O4S/c1-3-26(31(28,29)22-13-11-21(30-2)12-14-22)17-18-7-9-19(10-8-18)23(27)25-16-20-6-4-5-15-24-20/h4-15H,3,16-17H2,1-2H3,(H,25,27). The fraction of sp³-hybridized carbons (Fsp3) is 0.217. The number of aromatic nitrogens is 1. The van der Waals surface area contributed by atoms with Gasteiger partial charge in [0.15, 0.2) is 0 Å². The zero-order chi connectivity index (χ0) is 22.3. The van der Waals surface area contributed by atoms with Crippen molar-refractivity contribution in [2.24, 2.45) is 0 Å². The van der Waals surface area contributed by atoms with Crippen molar-refractivity contribution in [3.63, 3.8) is 0 Å². The maximum atomic E-state index is 13.0. The molecule has 1 heterocycles. The van der Waals surface area contributed by atoms with E-state index < -0.39 is 10.0 Å². The first-order valence-corrected chi connectivity index (χ1v) is 11.3. The van der Waals surface area contributed by atoms with E-state index in [9.17, 15) is 13.2 Å². The fourth-order valence-electron chi connectivity index (χ4n) is 3.00. The van der Waals surface area contributed by atoms with Gasteiger partial charge in [-0.25, -0.2) is 8.42 Å². The lowest BCUT2D eigenvalue weighted by Gasteiger charge is -2.21. The summed E-state index contributed by atoms with van der Waals surface area (Å²) in [6, 6.07) is 18.8. The van der Waals surface area contributed by atoms with Gasteiger partial charge in [0.05, 0.1) is 24.2 Å². The van der Waals surface area contributed by atoms with Gasteiger partial charge in [0, 0.05) is 24.8 Å². The third-order valence-corrected chi connectivity index (χ3v) is 6.72. The molecule has 0 fully saturated rings. The Bertz CT molecular complexity index is 1100. The average molecular weight is 440 g/mol. The Morgan fingerprint density at radius 3 is 2.32 bits per heavy atom. The molecule has 1 N–H and O–H groups in total. The lowest BCUT2D eigenvalue weighted by atomic mass is 10.1. The van der Waals surface area contributed by atoms with Crippen molar-refractivity contribution in [1.29, 1.82) is 0 Å². The van der Waals surface area contributed by atoms with Crippen molar-refractivity contribution in [2.45, 2.75) is 24.9 Å². The summed E-state index contributed by atoms with van der Waals surface area (Å²) in [5, 5.41) is 2.82. The number of benzene rings is 2. The number of amides is 1. The molecule has 1 amide bonds. The first-order chi connectivity index (χ1) is 14.9. The van der Waals surface area contributed by atoms with Gasteiger partial charge in [-0.05, 0) is 54.1 Å². The van der Waals surface area contributed by atoms with Crippen LogP contribution in [0.15, 0.2) is 77.8 Å². The predicted octanol–water partition coefficient (Wildman–Crippen LogP) is 3.23. The van der Waals surface area contributed by atoms with Crippen LogP contribution in [0.3, 0.4) is 0 Å². The number of nitrogens with zero attached hydrogens (tertiary/aromatic N) is 2. The largest absolute Gasteiger partial charge is 0.497 e. The molecule has 1 aromatic heterocycles. The number of hydrogen-bond acceptors (Lipinski definition) is 5. The third-order valence-electron chi connectivity index (χ3n) is 4.78. The van der Waals surface area contributed by atoms with Crippen LogP contribution in [0, 0.1) is 0 Å². The van der Waals surface area contributed by atoms with E-state index in [1.807, 2.05) is 18.2 Å². The molecule has 0 spiro atoms. The molecule has 3 aromatic rings. The summed E-state index contributed by atoms with van der Waals surface area (Å²) in [5.41, 5.74) is 2.07. The van der Waals surface area contributed by atoms with E-state index in [2.05, 4.69) is 10.3 Å². The number of pyridine rings is 1. The predicted molar refractivity (Wildman–Crippen MR) is 118 cm³/mol. The van der Waals surface area contributed by atoms with Crippen LogP contribution in [0.25, 0.3) is 0 Å². The van der Waals surface area contributed by atoms with E-state index in [1.54, 1.807) is 49.5 Å². The topological polar surface area (TPSA) is 88.6 Å². The molecule has 0 saturated heterocycles. The van der Waals surface area contributed by atoms with E-state index in [0.717, 1.165) is 11.3 Å². The molecule has 0 unspecified atom stereocenters. The molecule has 31 heavy (non-hydrogen) atoms. The van der Waals surface area contributed by atoms with Crippen LogP contribution < -0.4 is 10.1 Å². The molecular formula is C23H25N3O4S. The highest BCUT2D eigenvalue weighted by atomic mass is 32.2. The molecule has 0 bridgehead atoms. The van der Waals surface area contributed by atoms with Gasteiger partial charge < -0.3 is 10.1 Å². The first kappa shape index (κ1) is 22.5. The van der Waals surface area contributed by atoms with Crippen molar-refractivity contribution < 1.29 is 17.9 Å². The fourth-order valence-corrected chi connectivity index (χ4v) is 4.44. The molecular weight excluding hydrogens is 414 g/mol. The molecule has 3 rings (SSSR count). The second kappa shape index (κ2) is 10.2. The highest BCUT2D eigenvalue weighted by molar-refractivity contribution is 7.89. The molecule has 0 aliphatic heterocycles. The van der Waals surface area contributed by atoms with Gasteiger partial charge in [-0.1, -0.05) is 25.1 Å². The van der Waals surface area contributed by atoms with Crippen LogP contribution in [0.2, 0.25) is 0 Å². The van der Waals surface area contributed by atoms with E-state index in [0.29, 0.717) is 24.4 Å². The summed E-state index contributed by atoms with van der Waals surface area (Å²) in [6.45, 7) is 2.66. The van der Waals surface area contributed by atoms with Crippen molar-refractivity contribution in [1.82, 2.24) is 14.6 Å². The minimum absolute atomic E-state index is 0.209. The van der Waals surface area contributed by atoms with Gasteiger partial charge in [0.2, 0.25) is 10.0 Å². The van der Waals surface area contributed by atoms with Crippen molar-refractivity contribution in [2.75, 3.05) is 13.7 Å². The highest BCUT2D eigenvalue weighted by Crippen LogP contribution is 2.21. The van der Waals surface area contributed by atoms with Crippen LogP contribution in [0.4, 0.5) is 0 Å². The maximum absolute atomic E-state index is 13.0. The number of nitrogens with one attached hydrogen (secondary N) is 1. The summed E-state index contributed by atoms with van der Waals surface area (Å²) in [6.07, 6.45) is 1.68. The van der Waals surface area contributed by atoms with Crippen LogP contribution in [-0.2, 0) is 23.1 Å². The molecule has 0 aliphatic carbocycles. The van der Waals surface area contributed by atoms with Gasteiger partial charge in [-0.3, -0.25) is 9.78 Å². The van der Waals surface area contributed by atoms with E-state index in [-0.39, 0.29) is 17.3 Å². The van der Waals surface area contributed by atoms with Crippen molar-refractivity contribution in [3.8, 4) is 5.75 Å². The summed E-state index contributed by atoms with van der Waals surface area (Å²) in [4.78, 5) is 16.7. The smallest absolute Gasteiger partial charge is 0.251 e. The Hall–Kier alpha value is -3.23. The van der Waals surface area contributed by atoms with Crippen molar-refractivity contribution >= 4 is 15.9 Å². The number of carbonyl (C=O) groups is 1. The highest BCUT2D eigenvalue weighted by Gasteiger charge is 2.23. The summed E-state index contributed by atoms with van der Waals surface area (Å²) in [7, 11) is -2.12. The number of hydrogen-bond donors (Lipinski definition) is 1. The van der Waals surface area contributed by atoms with Crippen LogP contribution >= 0.6 is 0 Å². The Kier molecular flexibility index (Phi) is 7.38. The van der Waals surface area contributed by atoms with Crippen LogP contribution in [0.1, 0.15) is 28.5 Å². The van der Waals surface area contributed by atoms with Gasteiger partial charge in [0.25, 0.3) is 5.91 Å². The van der Waals surface area contributed by atoms with E-state index in [4.69, 9.17) is 4.74 Å². The molecule has 8 heteroatoms.